The Kier molecular flexibility index (Phi) is 4.39. The molecule has 1 N–H and O–H groups in total. The second-order valence-electron chi connectivity index (χ2n) is 7.36. The molecule has 3 rings (SSSR count). The third-order valence-corrected chi connectivity index (χ3v) is 4.42. The first-order valence-corrected chi connectivity index (χ1v) is 8.34. The molecular weight excluding hydrogens is 308 g/mol. The summed E-state index contributed by atoms with van der Waals surface area (Å²) in [7, 11) is 0. The molecule has 130 valence electrons. The summed E-state index contributed by atoms with van der Waals surface area (Å²) in [5.74, 6) is 1.35. The highest BCUT2D eigenvalue weighted by Crippen LogP contribution is 2.33. The summed E-state index contributed by atoms with van der Waals surface area (Å²) >= 11 is 0. The van der Waals surface area contributed by atoms with Crippen LogP contribution in [0.3, 0.4) is 0 Å². The zero-order valence-corrected chi connectivity index (χ0v) is 14.4. The van der Waals surface area contributed by atoms with Gasteiger partial charge in [0.15, 0.2) is 11.5 Å². The summed E-state index contributed by atoms with van der Waals surface area (Å²) in [4.78, 5) is 26.5. The number of benzene rings is 1. The van der Waals surface area contributed by atoms with Crippen LogP contribution in [0.15, 0.2) is 18.2 Å². The van der Waals surface area contributed by atoms with Gasteiger partial charge in [-0.15, -0.1) is 0 Å². The van der Waals surface area contributed by atoms with Crippen LogP contribution < -0.4 is 14.8 Å². The summed E-state index contributed by atoms with van der Waals surface area (Å²) in [6, 6.07) is 5.41. The summed E-state index contributed by atoms with van der Waals surface area (Å²) in [6.07, 6.45) is 1.55. The molecule has 24 heavy (non-hydrogen) atoms. The van der Waals surface area contributed by atoms with Crippen LogP contribution in [0.4, 0.5) is 0 Å². The highest BCUT2D eigenvalue weighted by Gasteiger charge is 2.28. The van der Waals surface area contributed by atoms with Crippen molar-refractivity contribution in [1.82, 2.24) is 10.2 Å². The molecule has 6 nitrogen and oxygen atoms in total. The van der Waals surface area contributed by atoms with Crippen LogP contribution in [0.2, 0.25) is 0 Å². The first kappa shape index (κ1) is 16.6. The first-order valence-electron chi connectivity index (χ1n) is 8.34. The van der Waals surface area contributed by atoms with Crippen LogP contribution in [-0.4, -0.2) is 42.6 Å². The largest absolute Gasteiger partial charge is 0.454 e. The fourth-order valence-corrected chi connectivity index (χ4v) is 2.84. The Hall–Kier alpha value is -2.24. The van der Waals surface area contributed by atoms with E-state index in [0.717, 1.165) is 12.8 Å². The van der Waals surface area contributed by atoms with Crippen molar-refractivity contribution in [3.05, 3.63) is 23.8 Å². The fourth-order valence-electron chi connectivity index (χ4n) is 2.84. The predicted octanol–water partition coefficient (Wildman–Crippen LogP) is 2.18. The number of rotatable bonds is 2. The number of nitrogens with one attached hydrogen (secondary N) is 1. The number of amides is 2. The molecule has 2 amide bonds. The van der Waals surface area contributed by atoms with Crippen molar-refractivity contribution in [1.29, 1.82) is 0 Å². The average molecular weight is 332 g/mol. The lowest BCUT2D eigenvalue weighted by molar-refractivity contribution is -0.129. The molecule has 0 spiro atoms. The van der Waals surface area contributed by atoms with E-state index >= 15 is 0 Å². The van der Waals surface area contributed by atoms with E-state index in [1.807, 2.05) is 25.7 Å². The van der Waals surface area contributed by atoms with Crippen molar-refractivity contribution in [2.75, 3.05) is 19.9 Å². The smallest absolute Gasteiger partial charge is 0.253 e. The number of hydrogen-bond acceptors (Lipinski definition) is 4. The topological polar surface area (TPSA) is 67.9 Å². The summed E-state index contributed by atoms with van der Waals surface area (Å²) in [6.45, 7) is 7.19. The molecule has 2 heterocycles. The molecule has 1 saturated heterocycles. The highest BCUT2D eigenvalue weighted by molar-refractivity contribution is 5.95. The Bertz CT molecular complexity index is 643. The van der Waals surface area contributed by atoms with Crippen LogP contribution in [0, 0.1) is 5.41 Å². The lowest BCUT2D eigenvalue weighted by Gasteiger charge is -2.33. The third-order valence-electron chi connectivity index (χ3n) is 4.42. The second kappa shape index (κ2) is 6.34. The fraction of sp³-hybridized carbons (Fsp3) is 0.556. The number of piperidine rings is 1. The van der Waals surface area contributed by atoms with Gasteiger partial charge >= 0.3 is 0 Å². The Morgan fingerprint density at radius 2 is 1.79 bits per heavy atom. The minimum absolute atomic E-state index is 0.00565. The van der Waals surface area contributed by atoms with E-state index in [2.05, 4.69) is 5.32 Å². The molecule has 1 aromatic carbocycles. The Morgan fingerprint density at radius 3 is 2.46 bits per heavy atom. The van der Waals surface area contributed by atoms with Crippen molar-refractivity contribution in [3.8, 4) is 11.5 Å². The lowest BCUT2D eigenvalue weighted by atomic mass is 9.94. The Morgan fingerprint density at radius 1 is 1.12 bits per heavy atom. The van der Waals surface area contributed by atoms with Crippen LogP contribution in [0.1, 0.15) is 44.0 Å². The van der Waals surface area contributed by atoms with Gasteiger partial charge in [-0.2, -0.15) is 0 Å². The SMILES string of the molecule is CC(C)(C)C(=O)NC1CCN(C(=O)c2ccc3c(c2)OCO3)CC1. The number of ether oxygens (including phenoxy) is 2. The van der Waals surface area contributed by atoms with E-state index in [-0.39, 0.29) is 30.1 Å². The maximum absolute atomic E-state index is 12.6. The monoisotopic (exact) mass is 332 g/mol. The molecule has 1 aromatic rings. The normalized spacial score (nSPS) is 17.7. The number of hydrogen-bond donors (Lipinski definition) is 1. The van der Waals surface area contributed by atoms with Gasteiger partial charge in [-0.05, 0) is 31.0 Å². The van der Waals surface area contributed by atoms with Crippen molar-refractivity contribution in [2.24, 2.45) is 5.41 Å². The molecule has 0 radical (unpaired) electrons. The molecule has 1 fully saturated rings. The van der Waals surface area contributed by atoms with Crippen LogP contribution >= 0.6 is 0 Å². The van der Waals surface area contributed by atoms with E-state index in [0.29, 0.717) is 30.2 Å². The van der Waals surface area contributed by atoms with Crippen molar-refractivity contribution in [2.45, 2.75) is 39.7 Å². The quantitative estimate of drug-likeness (QED) is 0.901. The standard InChI is InChI=1S/C18H24N2O4/c1-18(2,3)17(22)19-13-6-8-20(9-7-13)16(21)12-4-5-14-15(10-12)24-11-23-14/h4-5,10,13H,6-9,11H2,1-3H3,(H,19,22). The zero-order chi connectivity index (χ0) is 17.3. The lowest BCUT2D eigenvalue weighted by Crippen LogP contribution is -2.49. The molecule has 0 bridgehead atoms. The van der Waals surface area contributed by atoms with Gasteiger partial charge in [0.1, 0.15) is 0 Å². The molecule has 0 atom stereocenters. The Balaban J connectivity index is 1.56. The van der Waals surface area contributed by atoms with Crippen LogP contribution in [-0.2, 0) is 4.79 Å². The Labute approximate surface area is 142 Å². The van der Waals surface area contributed by atoms with Crippen molar-refractivity contribution in [3.63, 3.8) is 0 Å². The predicted molar refractivity (Wildman–Crippen MR) is 89.1 cm³/mol. The van der Waals surface area contributed by atoms with Gasteiger partial charge in [0.2, 0.25) is 12.7 Å². The maximum Gasteiger partial charge on any atom is 0.253 e. The summed E-state index contributed by atoms with van der Waals surface area (Å²) in [5, 5.41) is 3.08. The minimum Gasteiger partial charge on any atom is -0.454 e. The second-order valence-corrected chi connectivity index (χ2v) is 7.36. The van der Waals surface area contributed by atoms with E-state index in [1.165, 1.54) is 0 Å². The van der Waals surface area contributed by atoms with Gasteiger partial charge in [-0.25, -0.2) is 0 Å². The number of carbonyl (C=O) groups excluding carboxylic acids is 2. The number of likely N-dealkylation sites (tertiary alicyclic amines) is 1. The molecular formula is C18H24N2O4. The number of carbonyl (C=O) groups is 2. The van der Waals surface area contributed by atoms with E-state index in [9.17, 15) is 9.59 Å². The average Bonchev–Trinajstić information content (AvgIpc) is 3.01. The number of fused-ring (bicyclic) bond motifs is 1. The van der Waals surface area contributed by atoms with Crippen LogP contribution in [0.25, 0.3) is 0 Å². The summed E-state index contributed by atoms with van der Waals surface area (Å²) in [5.41, 5.74) is 0.218. The van der Waals surface area contributed by atoms with Gasteiger partial charge in [0.25, 0.3) is 5.91 Å². The number of nitrogens with zero attached hydrogens (tertiary/aromatic N) is 1. The van der Waals surface area contributed by atoms with Gasteiger partial charge in [0, 0.05) is 30.1 Å². The van der Waals surface area contributed by atoms with E-state index < -0.39 is 0 Å². The van der Waals surface area contributed by atoms with Gasteiger partial charge in [-0.1, -0.05) is 20.8 Å². The van der Waals surface area contributed by atoms with Gasteiger partial charge < -0.3 is 19.7 Å². The van der Waals surface area contributed by atoms with Gasteiger partial charge in [0.05, 0.1) is 0 Å². The molecule has 0 unspecified atom stereocenters. The molecule has 6 heteroatoms. The minimum atomic E-state index is -0.389. The summed E-state index contributed by atoms with van der Waals surface area (Å²) < 4.78 is 10.6. The van der Waals surface area contributed by atoms with E-state index in [4.69, 9.17) is 9.47 Å². The zero-order valence-electron chi connectivity index (χ0n) is 14.4. The molecule has 0 saturated carbocycles. The molecule has 0 aromatic heterocycles. The van der Waals surface area contributed by atoms with Crippen LogP contribution in [0.5, 0.6) is 11.5 Å². The molecule has 2 aliphatic rings. The first-order chi connectivity index (χ1) is 11.3. The van der Waals surface area contributed by atoms with E-state index in [1.54, 1.807) is 18.2 Å². The maximum atomic E-state index is 12.6. The van der Waals surface area contributed by atoms with Crippen molar-refractivity contribution < 1.29 is 19.1 Å². The van der Waals surface area contributed by atoms with Gasteiger partial charge in [-0.3, -0.25) is 9.59 Å². The van der Waals surface area contributed by atoms with Crippen molar-refractivity contribution >= 4 is 11.8 Å². The molecule has 2 aliphatic heterocycles. The third kappa shape index (κ3) is 3.47. The highest BCUT2D eigenvalue weighted by atomic mass is 16.7. The molecule has 0 aliphatic carbocycles.